The lowest BCUT2D eigenvalue weighted by molar-refractivity contribution is 0.333. The summed E-state index contributed by atoms with van der Waals surface area (Å²) in [4.78, 5) is 6.77. The molecule has 2 rings (SSSR count). The maximum absolute atomic E-state index is 5.38. The van der Waals surface area contributed by atoms with Crippen LogP contribution in [0.25, 0.3) is 0 Å². The molecule has 0 atom stereocenters. The molecule has 0 heterocycles. The molecule has 0 aromatic rings. The summed E-state index contributed by atoms with van der Waals surface area (Å²) in [7, 11) is 2.16. The van der Waals surface area contributed by atoms with Gasteiger partial charge in [0.1, 0.15) is 0 Å². The normalized spacial score (nSPS) is 21.9. The van der Waals surface area contributed by atoms with Gasteiger partial charge >= 0.3 is 0 Å². The second-order valence-corrected chi connectivity index (χ2v) is 4.51. The molecule has 2 aliphatic rings. The Kier molecular flexibility index (Phi) is 3.43. The summed E-state index contributed by atoms with van der Waals surface area (Å²) in [5, 5.41) is 3.25. The van der Waals surface area contributed by atoms with Gasteiger partial charge in [-0.1, -0.05) is 0 Å². The highest BCUT2D eigenvalue weighted by Crippen LogP contribution is 2.24. The van der Waals surface area contributed by atoms with Crippen molar-refractivity contribution < 1.29 is 0 Å². The van der Waals surface area contributed by atoms with Crippen molar-refractivity contribution in [3.05, 3.63) is 0 Å². The number of aliphatic imine (C=N–C) groups is 1. The van der Waals surface area contributed by atoms with Crippen LogP contribution >= 0.6 is 0 Å². The first-order valence-corrected chi connectivity index (χ1v) is 5.77. The Hall–Kier alpha value is -0.810. The number of hydrazine groups is 1. The van der Waals surface area contributed by atoms with Crippen molar-refractivity contribution in [1.82, 2.24) is 15.6 Å². The van der Waals surface area contributed by atoms with E-state index in [0.717, 1.165) is 25.1 Å². The molecule has 2 fully saturated rings. The highest BCUT2D eigenvalue weighted by atomic mass is 15.3. The van der Waals surface area contributed by atoms with E-state index in [1.165, 1.54) is 25.7 Å². The Labute approximate surface area is 91.1 Å². The third kappa shape index (κ3) is 3.68. The predicted molar refractivity (Wildman–Crippen MR) is 61.4 cm³/mol. The van der Waals surface area contributed by atoms with E-state index in [2.05, 4.69) is 27.7 Å². The number of likely N-dealkylation sites (N-methyl/N-ethyl adjacent to an activating group) is 1. The molecule has 0 saturated heterocycles. The van der Waals surface area contributed by atoms with Gasteiger partial charge in [-0.3, -0.25) is 10.4 Å². The molecule has 5 heteroatoms. The Bertz CT molecular complexity index is 232. The third-order valence-electron chi connectivity index (χ3n) is 2.95. The Morgan fingerprint density at radius 3 is 2.67 bits per heavy atom. The van der Waals surface area contributed by atoms with E-state index >= 15 is 0 Å². The average Bonchev–Trinajstić information content (AvgIpc) is 3.08. The standard InChI is InChI=1S/C10H21N5/c1-15(9-4-5-9)7-6-12-10(14-11)13-8-2-3-8/h8-9H,2-7,11H2,1H3,(H2,12,13,14). The molecule has 4 N–H and O–H groups in total. The fraction of sp³-hybridized carbons (Fsp3) is 0.900. The SMILES string of the molecule is CN(CCN=C(NN)NC1CC1)C1CC1. The Morgan fingerprint density at radius 1 is 1.40 bits per heavy atom. The highest BCUT2D eigenvalue weighted by Gasteiger charge is 2.25. The first kappa shape index (κ1) is 10.7. The van der Waals surface area contributed by atoms with Crippen molar-refractivity contribution in [3.63, 3.8) is 0 Å². The van der Waals surface area contributed by atoms with Crippen LogP contribution in [0.5, 0.6) is 0 Å². The molecule has 2 aliphatic carbocycles. The van der Waals surface area contributed by atoms with Crippen molar-refractivity contribution in [2.75, 3.05) is 20.1 Å². The maximum Gasteiger partial charge on any atom is 0.205 e. The second kappa shape index (κ2) is 4.81. The Balaban J connectivity index is 1.64. The van der Waals surface area contributed by atoms with Crippen LogP contribution in [0.3, 0.4) is 0 Å². The van der Waals surface area contributed by atoms with Gasteiger partial charge in [0.25, 0.3) is 0 Å². The quantitative estimate of drug-likeness (QED) is 0.252. The van der Waals surface area contributed by atoms with Crippen LogP contribution in [0.15, 0.2) is 4.99 Å². The van der Waals surface area contributed by atoms with E-state index in [4.69, 9.17) is 5.84 Å². The van der Waals surface area contributed by atoms with Gasteiger partial charge < -0.3 is 10.2 Å². The van der Waals surface area contributed by atoms with Crippen molar-refractivity contribution >= 4 is 5.96 Å². The number of guanidine groups is 1. The summed E-state index contributed by atoms with van der Waals surface area (Å²) < 4.78 is 0. The van der Waals surface area contributed by atoms with Crippen molar-refractivity contribution in [2.24, 2.45) is 10.8 Å². The van der Waals surface area contributed by atoms with Crippen LogP contribution in [0.2, 0.25) is 0 Å². The number of hydrogen-bond donors (Lipinski definition) is 3. The molecule has 86 valence electrons. The molecule has 0 aromatic carbocycles. The van der Waals surface area contributed by atoms with E-state index in [9.17, 15) is 0 Å². The molecule has 0 bridgehead atoms. The molecule has 15 heavy (non-hydrogen) atoms. The first-order valence-electron chi connectivity index (χ1n) is 5.77. The monoisotopic (exact) mass is 211 g/mol. The lowest BCUT2D eigenvalue weighted by Gasteiger charge is -2.14. The fourth-order valence-corrected chi connectivity index (χ4v) is 1.57. The zero-order chi connectivity index (χ0) is 10.7. The van der Waals surface area contributed by atoms with E-state index in [0.29, 0.717) is 6.04 Å². The average molecular weight is 211 g/mol. The minimum atomic E-state index is 0.598. The minimum absolute atomic E-state index is 0.598. The topological polar surface area (TPSA) is 65.7 Å². The number of nitrogens with two attached hydrogens (primary N) is 1. The molecular formula is C10H21N5. The van der Waals surface area contributed by atoms with Crippen LogP contribution in [0.4, 0.5) is 0 Å². The molecule has 5 nitrogen and oxygen atoms in total. The summed E-state index contributed by atoms with van der Waals surface area (Å²) in [6, 6.07) is 1.41. The van der Waals surface area contributed by atoms with Gasteiger partial charge in [0.05, 0.1) is 6.54 Å². The van der Waals surface area contributed by atoms with Gasteiger partial charge in [-0.05, 0) is 32.7 Å². The largest absolute Gasteiger partial charge is 0.353 e. The first-order chi connectivity index (χ1) is 7.29. The van der Waals surface area contributed by atoms with Gasteiger partial charge in [0.15, 0.2) is 0 Å². The lowest BCUT2D eigenvalue weighted by Crippen LogP contribution is -2.43. The molecule has 0 amide bonds. The summed E-state index contributed by atoms with van der Waals surface area (Å²) in [6.45, 7) is 1.83. The number of nitrogens with one attached hydrogen (secondary N) is 2. The van der Waals surface area contributed by atoms with Crippen LogP contribution in [0.1, 0.15) is 25.7 Å². The van der Waals surface area contributed by atoms with Crippen LogP contribution in [-0.4, -0.2) is 43.1 Å². The van der Waals surface area contributed by atoms with Crippen molar-refractivity contribution in [2.45, 2.75) is 37.8 Å². The zero-order valence-electron chi connectivity index (χ0n) is 9.37. The second-order valence-electron chi connectivity index (χ2n) is 4.51. The van der Waals surface area contributed by atoms with E-state index in [1.807, 2.05) is 0 Å². The molecule has 0 aliphatic heterocycles. The Morgan fingerprint density at radius 2 is 2.13 bits per heavy atom. The summed E-state index contributed by atoms with van der Waals surface area (Å²) in [5.41, 5.74) is 2.61. The lowest BCUT2D eigenvalue weighted by atomic mass is 10.5. The van der Waals surface area contributed by atoms with Crippen LogP contribution < -0.4 is 16.6 Å². The van der Waals surface area contributed by atoms with Crippen molar-refractivity contribution in [1.29, 1.82) is 0 Å². The summed E-state index contributed by atoms with van der Waals surface area (Å²) >= 11 is 0. The van der Waals surface area contributed by atoms with Crippen LogP contribution in [0, 0.1) is 0 Å². The van der Waals surface area contributed by atoms with Gasteiger partial charge in [0, 0.05) is 18.6 Å². The zero-order valence-corrected chi connectivity index (χ0v) is 9.37. The molecule has 0 unspecified atom stereocenters. The molecule has 0 aromatic heterocycles. The molecular weight excluding hydrogens is 190 g/mol. The number of rotatable bonds is 5. The van der Waals surface area contributed by atoms with Crippen molar-refractivity contribution in [3.8, 4) is 0 Å². The number of nitrogens with zero attached hydrogens (tertiary/aromatic N) is 2. The smallest absolute Gasteiger partial charge is 0.205 e. The van der Waals surface area contributed by atoms with E-state index in [1.54, 1.807) is 0 Å². The van der Waals surface area contributed by atoms with Gasteiger partial charge in [-0.2, -0.15) is 0 Å². The van der Waals surface area contributed by atoms with E-state index in [-0.39, 0.29) is 0 Å². The predicted octanol–water partition coefficient (Wildman–Crippen LogP) is -0.348. The van der Waals surface area contributed by atoms with Gasteiger partial charge in [0.2, 0.25) is 5.96 Å². The van der Waals surface area contributed by atoms with Gasteiger partial charge in [-0.15, -0.1) is 0 Å². The minimum Gasteiger partial charge on any atom is -0.353 e. The number of hydrogen-bond acceptors (Lipinski definition) is 3. The van der Waals surface area contributed by atoms with Crippen LogP contribution in [-0.2, 0) is 0 Å². The molecule has 0 spiro atoms. The maximum atomic E-state index is 5.38. The summed E-state index contributed by atoms with van der Waals surface area (Å²) in [6.07, 6.45) is 5.18. The fourth-order valence-electron chi connectivity index (χ4n) is 1.57. The van der Waals surface area contributed by atoms with E-state index < -0.39 is 0 Å². The highest BCUT2D eigenvalue weighted by molar-refractivity contribution is 5.79. The third-order valence-corrected chi connectivity index (χ3v) is 2.95. The molecule has 2 saturated carbocycles. The summed E-state index contributed by atoms with van der Waals surface area (Å²) in [5.74, 6) is 6.12. The van der Waals surface area contributed by atoms with Gasteiger partial charge in [-0.25, -0.2) is 5.84 Å². The molecule has 0 radical (unpaired) electrons.